The van der Waals surface area contributed by atoms with Gasteiger partial charge in [-0.3, -0.25) is 4.90 Å². The second-order valence-corrected chi connectivity index (χ2v) is 16.1. The Balaban J connectivity index is 0. The van der Waals surface area contributed by atoms with E-state index in [0.29, 0.717) is 0 Å². The van der Waals surface area contributed by atoms with Crippen molar-refractivity contribution in [3.8, 4) is 0 Å². The van der Waals surface area contributed by atoms with Gasteiger partial charge in [-0.15, -0.1) is 0 Å². The van der Waals surface area contributed by atoms with Gasteiger partial charge in [0.25, 0.3) is 0 Å². The van der Waals surface area contributed by atoms with Crippen LogP contribution in [0.25, 0.3) is 0 Å². The van der Waals surface area contributed by atoms with Crippen LogP contribution < -0.4 is 56.5 Å². The Labute approximate surface area is 359 Å². The number of hydrogen-bond acceptors (Lipinski definition) is 3. The van der Waals surface area contributed by atoms with Crippen LogP contribution in [0, 0.1) is 0 Å². The van der Waals surface area contributed by atoms with Crippen molar-refractivity contribution >= 4 is 5.97 Å². The van der Waals surface area contributed by atoms with Crippen LogP contribution in [0.5, 0.6) is 0 Å². The molecule has 0 aromatic heterocycles. The average molecular weight is 730 g/mol. The minimum absolute atomic E-state index is 0. The number of hydrogen-bond donors (Lipinski definition) is 0. The predicted octanol–water partition coefficient (Wildman–Crippen LogP) is 11.7. The Kier molecular flexibility index (Phi) is 51.1. The number of carboxylic acids is 1. The van der Waals surface area contributed by atoms with Crippen molar-refractivity contribution in [3.05, 3.63) is 0 Å². The fraction of sp³-hybridized carbons (Fsp3) is 0.978. The first-order chi connectivity index (χ1) is 24.2. The molecular formula is C46H92KNO2. The van der Waals surface area contributed by atoms with Gasteiger partial charge in [-0.05, 0) is 25.9 Å². The summed E-state index contributed by atoms with van der Waals surface area (Å²) in [5, 5.41) is 11.3. The van der Waals surface area contributed by atoms with E-state index in [1.54, 1.807) is 0 Å². The molecule has 0 heterocycles. The summed E-state index contributed by atoms with van der Waals surface area (Å²) in [5.74, 6) is -0.915. The van der Waals surface area contributed by atoms with E-state index in [1.165, 1.54) is 244 Å². The second-order valence-electron chi connectivity index (χ2n) is 16.1. The van der Waals surface area contributed by atoms with Gasteiger partial charge in [0.2, 0.25) is 0 Å². The quantitative estimate of drug-likeness (QED) is 0.0463. The van der Waals surface area contributed by atoms with Gasteiger partial charge in [-0.25, -0.2) is 0 Å². The summed E-state index contributed by atoms with van der Waals surface area (Å²) >= 11 is 0. The van der Waals surface area contributed by atoms with Crippen LogP contribution in [-0.4, -0.2) is 30.5 Å². The molecule has 0 aromatic rings. The van der Waals surface area contributed by atoms with E-state index in [2.05, 4.69) is 18.7 Å². The average Bonchev–Trinajstić information content (AvgIpc) is 3.09. The molecule has 3 nitrogen and oxygen atoms in total. The second kappa shape index (κ2) is 48.1. The molecule has 0 atom stereocenters. The Hall–Kier alpha value is 1.07. The van der Waals surface area contributed by atoms with E-state index in [-0.39, 0.29) is 57.9 Å². The molecular weight excluding hydrogens is 638 g/mol. The zero-order valence-corrected chi connectivity index (χ0v) is 38.3. The number of carboxylic acid groups (broad SMARTS) is 1. The summed E-state index contributed by atoms with van der Waals surface area (Å²) in [7, 11) is 0. The van der Waals surface area contributed by atoms with Crippen LogP contribution in [0.15, 0.2) is 0 Å². The number of aliphatic carboxylic acids is 1. The first kappa shape index (κ1) is 53.2. The third-order valence-corrected chi connectivity index (χ3v) is 11.0. The maximum Gasteiger partial charge on any atom is 1.00 e. The zero-order chi connectivity index (χ0) is 35.6. The van der Waals surface area contributed by atoms with Crippen molar-refractivity contribution in [1.82, 2.24) is 4.90 Å². The number of carbonyl (C=O) groups excluding carboxylic acids is 1. The molecule has 0 aliphatic carbocycles. The molecule has 0 fully saturated rings. The molecule has 0 spiro atoms. The van der Waals surface area contributed by atoms with Crippen LogP contribution in [0.2, 0.25) is 0 Å². The van der Waals surface area contributed by atoms with Gasteiger partial charge in [0.1, 0.15) is 0 Å². The van der Waals surface area contributed by atoms with Crippen molar-refractivity contribution in [2.24, 2.45) is 0 Å². The van der Waals surface area contributed by atoms with Crippen molar-refractivity contribution in [3.63, 3.8) is 0 Å². The minimum atomic E-state index is -0.915. The molecule has 0 saturated carbocycles. The van der Waals surface area contributed by atoms with E-state index in [0.717, 1.165) is 25.9 Å². The molecule has 0 aliphatic rings. The largest absolute Gasteiger partial charge is 1.00 e. The topological polar surface area (TPSA) is 43.4 Å². The van der Waals surface area contributed by atoms with Crippen LogP contribution in [-0.2, 0) is 4.79 Å². The fourth-order valence-corrected chi connectivity index (χ4v) is 7.63. The van der Waals surface area contributed by atoms with Gasteiger partial charge in [0, 0.05) is 6.54 Å². The Bertz CT molecular complexity index is 571. The van der Waals surface area contributed by atoms with E-state index in [1.807, 2.05) is 0 Å². The molecule has 4 heteroatoms. The molecule has 0 rings (SSSR count). The molecule has 0 radical (unpaired) electrons. The third-order valence-electron chi connectivity index (χ3n) is 11.0. The fourth-order valence-electron chi connectivity index (χ4n) is 7.63. The summed E-state index contributed by atoms with van der Waals surface area (Å²) in [6, 6.07) is 0. The molecule has 0 saturated heterocycles. The monoisotopic (exact) mass is 730 g/mol. The number of rotatable bonds is 44. The van der Waals surface area contributed by atoms with Gasteiger partial charge in [0.15, 0.2) is 0 Å². The molecule has 50 heavy (non-hydrogen) atoms. The van der Waals surface area contributed by atoms with Crippen molar-refractivity contribution in [2.75, 3.05) is 19.6 Å². The first-order valence-electron chi connectivity index (χ1n) is 23.1. The molecule has 0 unspecified atom stereocenters. The summed E-state index contributed by atoms with van der Waals surface area (Å²) in [6.07, 6.45) is 55.8. The minimum Gasteiger partial charge on any atom is -0.549 e. The maximum atomic E-state index is 11.3. The van der Waals surface area contributed by atoms with Crippen LogP contribution >= 0.6 is 0 Å². The molecule has 294 valence electrons. The van der Waals surface area contributed by atoms with E-state index in [9.17, 15) is 9.90 Å². The summed E-state index contributed by atoms with van der Waals surface area (Å²) in [4.78, 5) is 13.4. The summed E-state index contributed by atoms with van der Waals surface area (Å²) in [6.45, 7) is 6.55. The van der Waals surface area contributed by atoms with E-state index < -0.39 is 5.97 Å². The van der Waals surface area contributed by atoms with Crippen LogP contribution in [0.3, 0.4) is 0 Å². The summed E-state index contributed by atoms with van der Waals surface area (Å²) in [5.41, 5.74) is 0. The van der Waals surface area contributed by atoms with E-state index >= 15 is 0 Å². The zero-order valence-electron chi connectivity index (χ0n) is 35.2. The standard InChI is InChI=1S/C46H93NO2.K/c1-3-5-7-9-11-13-15-17-19-21-23-25-27-29-31-33-35-37-39-41-43-47(45-46(48)49)44-42-40-38-36-34-32-30-28-26-24-22-20-18-16-14-12-10-8-6-4-2;/h3-45H2,1-2H3,(H,48,49);/q;+1/p-1. The Morgan fingerprint density at radius 1 is 0.320 bits per heavy atom. The van der Waals surface area contributed by atoms with Crippen LogP contribution in [0.1, 0.15) is 271 Å². The van der Waals surface area contributed by atoms with Crippen molar-refractivity contribution in [1.29, 1.82) is 0 Å². The van der Waals surface area contributed by atoms with Crippen molar-refractivity contribution < 1.29 is 61.3 Å². The molecule has 0 bridgehead atoms. The van der Waals surface area contributed by atoms with E-state index in [4.69, 9.17) is 0 Å². The Morgan fingerprint density at radius 3 is 0.640 bits per heavy atom. The normalized spacial score (nSPS) is 11.4. The van der Waals surface area contributed by atoms with Gasteiger partial charge >= 0.3 is 51.4 Å². The van der Waals surface area contributed by atoms with Gasteiger partial charge < -0.3 is 9.90 Å². The van der Waals surface area contributed by atoms with Gasteiger partial charge in [-0.2, -0.15) is 0 Å². The van der Waals surface area contributed by atoms with Crippen LogP contribution in [0.4, 0.5) is 0 Å². The summed E-state index contributed by atoms with van der Waals surface area (Å²) < 4.78 is 0. The van der Waals surface area contributed by atoms with Gasteiger partial charge in [0.05, 0.1) is 5.97 Å². The molecule has 0 aliphatic heterocycles. The molecule has 0 amide bonds. The Morgan fingerprint density at radius 2 is 0.480 bits per heavy atom. The number of unbranched alkanes of at least 4 members (excludes halogenated alkanes) is 38. The first-order valence-corrected chi connectivity index (χ1v) is 23.1. The molecule has 0 aromatic carbocycles. The maximum absolute atomic E-state index is 11.3. The SMILES string of the molecule is CCCCCCCCCCCCCCCCCCCCCCN(CCCCCCCCCCCCCCCCCCCCCC)CC(=O)[O-].[K+]. The number of carbonyl (C=O) groups is 1. The van der Waals surface area contributed by atoms with Crippen molar-refractivity contribution in [2.45, 2.75) is 271 Å². The number of nitrogens with zero attached hydrogens (tertiary/aromatic N) is 1. The third kappa shape index (κ3) is 47.1. The smallest absolute Gasteiger partial charge is 0.549 e. The molecule has 0 N–H and O–H groups in total. The van der Waals surface area contributed by atoms with Gasteiger partial charge in [-0.1, -0.05) is 258 Å². The predicted molar refractivity (Wildman–Crippen MR) is 217 cm³/mol.